The molecule has 1 saturated carbocycles. The van der Waals surface area contributed by atoms with Gasteiger partial charge >= 0.3 is 0 Å². The second-order valence-electron chi connectivity index (χ2n) is 6.98. The predicted octanol–water partition coefficient (Wildman–Crippen LogP) is 3.97. The number of benzene rings is 1. The van der Waals surface area contributed by atoms with Crippen LogP contribution in [-0.2, 0) is 0 Å². The van der Waals surface area contributed by atoms with Gasteiger partial charge in [0.05, 0.1) is 0 Å². The van der Waals surface area contributed by atoms with E-state index in [1.165, 1.54) is 5.56 Å². The first-order chi connectivity index (χ1) is 9.41. The van der Waals surface area contributed by atoms with Crippen LogP contribution >= 0.6 is 11.6 Å². The topological polar surface area (TPSA) is 32.3 Å². The molecular weight excluding hydrogens is 270 g/mol. The van der Waals surface area contributed by atoms with Gasteiger partial charge in [-0.15, -0.1) is 0 Å². The van der Waals surface area contributed by atoms with Crippen LogP contribution in [0.2, 0.25) is 5.02 Å². The number of hydrogen-bond acceptors (Lipinski definition) is 2. The van der Waals surface area contributed by atoms with E-state index in [0.29, 0.717) is 18.0 Å². The van der Waals surface area contributed by atoms with Gasteiger partial charge in [0.25, 0.3) is 0 Å². The zero-order valence-electron chi connectivity index (χ0n) is 12.7. The summed E-state index contributed by atoms with van der Waals surface area (Å²) in [7, 11) is 0. The van der Waals surface area contributed by atoms with Crippen LogP contribution in [0.1, 0.15) is 51.5 Å². The summed E-state index contributed by atoms with van der Waals surface area (Å²) < 4.78 is 0. The summed E-state index contributed by atoms with van der Waals surface area (Å²) in [5, 5.41) is 13.8. The quantitative estimate of drug-likeness (QED) is 0.861. The zero-order valence-corrected chi connectivity index (χ0v) is 13.5. The second kappa shape index (κ2) is 6.46. The van der Waals surface area contributed by atoms with Crippen molar-refractivity contribution in [3.05, 3.63) is 34.9 Å². The third kappa shape index (κ3) is 3.75. The molecule has 1 aliphatic rings. The van der Waals surface area contributed by atoms with E-state index in [2.05, 4.69) is 38.2 Å². The van der Waals surface area contributed by atoms with Gasteiger partial charge in [-0.1, -0.05) is 50.6 Å². The van der Waals surface area contributed by atoms with Crippen LogP contribution in [-0.4, -0.2) is 23.8 Å². The van der Waals surface area contributed by atoms with Gasteiger partial charge < -0.3 is 10.4 Å². The lowest BCUT2D eigenvalue weighted by molar-refractivity contribution is 0.157. The Labute approximate surface area is 127 Å². The van der Waals surface area contributed by atoms with E-state index in [1.54, 1.807) is 0 Å². The van der Waals surface area contributed by atoms with Crippen molar-refractivity contribution in [3.63, 3.8) is 0 Å². The lowest BCUT2D eigenvalue weighted by Crippen LogP contribution is -2.50. The highest BCUT2D eigenvalue weighted by Crippen LogP contribution is 2.40. The number of hydrogen-bond donors (Lipinski definition) is 2. The molecule has 0 aromatic heterocycles. The molecule has 112 valence electrons. The first kappa shape index (κ1) is 15.8. The van der Waals surface area contributed by atoms with Crippen LogP contribution in [0.4, 0.5) is 0 Å². The fourth-order valence-electron chi connectivity index (χ4n) is 2.99. The maximum atomic E-state index is 9.21. The Morgan fingerprint density at radius 3 is 2.50 bits per heavy atom. The number of rotatable bonds is 5. The van der Waals surface area contributed by atoms with Crippen molar-refractivity contribution in [2.75, 3.05) is 6.61 Å². The monoisotopic (exact) mass is 295 g/mol. The maximum Gasteiger partial charge on any atom is 0.0446 e. The third-order valence-corrected chi connectivity index (χ3v) is 4.73. The smallest absolute Gasteiger partial charge is 0.0446 e. The van der Waals surface area contributed by atoms with Gasteiger partial charge in [0.15, 0.2) is 0 Å². The van der Waals surface area contributed by atoms with Crippen LogP contribution in [0.15, 0.2) is 24.3 Å². The molecule has 2 N–H and O–H groups in total. The Bertz CT molecular complexity index is 435. The summed E-state index contributed by atoms with van der Waals surface area (Å²) in [6.45, 7) is 6.93. The Hall–Kier alpha value is -0.570. The summed E-state index contributed by atoms with van der Waals surface area (Å²) in [6, 6.07) is 9.07. The predicted molar refractivity (Wildman–Crippen MR) is 85.3 cm³/mol. The summed E-state index contributed by atoms with van der Waals surface area (Å²) >= 11 is 6.25. The highest BCUT2D eigenvalue weighted by atomic mass is 35.5. The zero-order chi connectivity index (χ0) is 14.8. The molecule has 0 amide bonds. The van der Waals surface area contributed by atoms with Crippen molar-refractivity contribution >= 4 is 11.6 Å². The van der Waals surface area contributed by atoms with Crippen LogP contribution in [0.3, 0.4) is 0 Å². The van der Waals surface area contributed by atoms with Gasteiger partial charge in [0.2, 0.25) is 0 Å². The molecule has 0 saturated heterocycles. The van der Waals surface area contributed by atoms with Gasteiger partial charge in [0, 0.05) is 23.7 Å². The van der Waals surface area contributed by atoms with Crippen LogP contribution in [0.25, 0.3) is 0 Å². The van der Waals surface area contributed by atoms with Crippen LogP contribution in [0, 0.1) is 5.41 Å². The molecule has 3 heteroatoms. The van der Waals surface area contributed by atoms with Crippen molar-refractivity contribution in [2.24, 2.45) is 5.41 Å². The van der Waals surface area contributed by atoms with Crippen molar-refractivity contribution in [1.82, 2.24) is 5.32 Å². The Kier molecular flexibility index (Phi) is 5.11. The molecule has 1 unspecified atom stereocenters. The fourth-order valence-corrected chi connectivity index (χ4v) is 3.28. The fraction of sp³-hybridized carbons (Fsp3) is 0.647. The minimum Gasteiger partial charge on any atom is -0.396 e. The Morgan fingerprint density at radius 1 is 1.30 bits per heavy atom. The van der Waals surface area contributed by atoms with Gasteiger partial charge in [-0.25, -0.2) is 0 Å². The lowest BCUT2D eigenvalue weighted by atomic mass is 9.74. The molecule has 0 heterocycles. The number of halogens is 1. The first-order valence-electron chi connectivity index (χ1n) is 7.53. The molecule has 0 bridgehead atoms. The molecule has 1 fully saturated rings. The van der Waals surface area contributed by atoms with Crippen molar-refractivity contribution in [3.8, 4) is 0 Å². The van der Waals surface area contributed by atoms with E-state index < -0.39 is 0 Å². The summed E-state index contributed by atoms with van der Waals surface area (Å²) in [5.74, 6) is 0.580. The number of nitrogens with one attached hydrogen (secondary N) is 1. The summed E-state index contributed by atoms with van der Waals surface area (Å²) in [6.07, 6.45) is 3.10. The minimum atomic E-state index is 0.179. The molecule has 0 aliphatic heterocycles. The Morgan fingerprint density at radius 2 is 1.95 bits per heavy atom. The number of aliphatic hydroxyl groups is 1. The second-order valence-corrected chi connectivity index (χ2v) is 7.39. The van der Waals surface area contributed by atoms with Gasteiger partial charge in [-0.05, 0) is 42.2 Å². The Balaban J connectivity index is 1.88. The van der Waals surface area contributed by atoms with Crippen LogP contribution < -0.4 is 5.32 Å². The summed E-state index contributed by atoms with van der Waals surface area (Å²) in [4.78, 5) is 0. The lowest BCUT2D eigenvalue weighted by Gasteiger charge is -2.42. The van der Waals surface area contributed by atoms with Crippen LogP contribution in [0.5, 0.6) is 0 Å². The molecule has 1 aromatic rings. The molecule has 20 heavy (non-hydrogen) atoms. The molecule has 1 aliphatic carbocycles. The SMILES string of the molecule is CC(C)(C)C(CCO)NC1CC(c2ccccc2Cl)C1. The molecular formula is C17H26ClNO. The van der Waals surface area contributed by atoms with Crippen molar-refractivity contribution in [2.45, 2.75) is 58.0 Å². The van der Waals surface area contributed by atoms with Crippen molar-refractivity contribution in [1.29, 1.82) is 0 Å². The highest BCUT2D eigenvalue weighted by Gasteiger charge is 2.35. The average Bonchev–Trinajstić information content (AvgIpc) is 2.32. The normalized spacial score (nSPS) is 24.2. The first-order valence-corrected chi connectivity index (χ1v) is 7.91. The summed E-state index contributed by atoms with van der Waals surface area (Å²) in [5.41, 5.74) is 1.46. The average molecular weight is 296 g/mol. The van der Waals surface area contributed by atoms with E-state index in [4.69, 9.17) is 11.6 Å². The van der Waals surface area contributed by atoms with Crippen molar-refractivity contribution < 1.29 is 5.11 Å². The van der Waals surface area contributed by atoms with Gasteiger partial charge in [-0.3, -0.25) is 0 Å². The third-order valence-electron chi connectivity index (χ3n) is 4.38. The van der Waals surface area contributed by atoms with E-state index in [1.807, 2.05) is 12.1 Å². The van der Waals surface area contributed by atoms with E-state index in [0.717, 1.165) is 24.3 Å². The molecule has 0 spiro atoms. The molecule has 2 rings (SSSR count). The standard InChI is InChI=1S/C17H26ClNO/c1-17(2,3)16(8-9-20)19-13-10-12(11-13)14-6-4-5-7-15(14)18/h4-7,12-13,16,19-20H,8-11H2,1-3H3. The van der Waals surface area contributed by atoms with E-state index in [-0.39, 0.29) is 12.0 Å². The molecule has 2 nitrogen and oxygen atoms in total. The van der Waals surface area contributed by atoms with Gasteiger partial charge in [0.1, 0.15) is 0 Å². The molecule has 1 atom stereocenters. The molecule has 0 radical (unpaired) electrons. The van der Waals surface area contributed by atoms with Gasteiger partial charge in [-0.2, -0.15) is 0 Å². The highest BCUT2D eigenvalue weighted by molar-refractivity contribution is 6.31. The van der Waals surface area contributed by atoms with E-state index >= 15 is 0 Å². The largest absolute Gasteiger partial charge is 0.396 e. The van der Waals surface area contributed by atoms with E-state index in [9.17, 15) is 5.11 Å². The molecule has 1 aromatic carbocycles. The minimum absolute atomic E-state index is 0.179. The maximum absolute atomic E-state index is 9.21. The number of aliphatic hydroxyl groups excluding tert-OH is 1.